The highest BCUT2D eigenvalue weighted by atomic mass is 16.5. The first kappa shape index (κ1) is 15.7. The molecule has 1 aromatic heterocycles. The molecule has 24 heavy (non-hydrogen) atoms. The average molecular weight is 322 g/mol. The Morgan fingerprint density at radius 2 is 1.75 bits per heavy atom. The lowest BCUT2D eigenvalue weighted by atomic mass is 10.3. The molecule has 0 radical (unpaired) electrons. The topological polar surface area (TPSA) is 72.0 Å². The molecule has 0 unspecified atom stereocenters. The van der Waals surface area contributed by atoms with Crippen molar-refractivity contribution in [3.05, 3.63) is 60.4 Å². The number of hydrogen-bond donors (Lipinski definition) is 1. The van der Waals surface area contributed by atoms with Gasteiger partial charge in [-0.15, -0.1) is 10.2 Å². The fourth-order valence-corrected chi connectivity index (χ4v) is 2.36. The molecule has 3 rings (SSSR count). The van der Waals surface area contributed by atoms with E-state index in [2.05, 4.69) is 15.2 Å². The maximum Gasteiger partial charge on any atom is 0.259 e. The summed E-state index contributed by atoms with van der Waals surface area (Å²) in [5, 5.41) is 18.4. The molecule has 1 N–H and O–H groups in total. The molecular formula is C18H18N4O2. The van der Waals surface area contributed by atoms with Gasteiger partial charge in [-0.3, -0.25) is 4.57 Å². The van der Waals surface area contributed by atoms with Crippen molar-refractivity contribution in [2.75, 3.05) is 6.61 Å². The molecule has 0 aliphatic rings. The fraction of sp³-hybridized carbons (Fsp3) is 0.167. The molecule has 0 aliphatic heterocycles. The molecule has 0 atom stereocenters. The van der Waals surface area contributed by atoms with E-state index >= 15 is 0 Å². The Bertz CT molecular complexity index is 839. The van der Waals surface area contributed by atoms with Crippen molar-refractivity contribution in [2.24, 2.45) is 10.2 Å². The highest BCUT2D eigenvalue weighted by molar-refractivity contribution is 5.51. The number of aromatic nitrogens is 2. The lowest BCUT2D eigenvalue weighted by molar-refractivity contribution is 0.340. The summed E-state index contributed by atoms with van der Waals surface area (Å²) in [7, 11) is 0. The Morgan fingerprint density at radius 1 is 1.04 bits per heavy atom. The summed E-state index contributed by atoms with van der Waals surface area (Å²) in [6, 6.07) is 16.9. The third-order valence-corrected chi connectivity index (χ3v) is 3.43. The largest absolute Gasteiger partial charge is 0.494 e. The van der Waals surface area contributed by atoms with Crippen LogP contribution in [0.15, 0.2) is 64.8 Å². The first-order valence-electron chi connectivity index (χ1n) is 7.67. The zero-order chi connectivity index (χ0) is 16.9. The van der Waals surface area contributed by atoms with Crippen LogP contribution >= 0.6 is 0 Å². The van der Waals surface area contributed by atoms with Crippen LogP contribution in [0.5, 0.6) is 11.6 Å². The van der Waals surface area contributed by atoms with Crippen LogP contribution in [0, 0.1) is 6.92 Å². The lowest BCUT2D eigenvalue weighted by Gasteiger charge is -2.08. The fourth-order valence-electron chi connectivity index (χ4n) is 2.36. The zero-order valence-corrected chi connectivity index (χ0v) is 13.5. The molecule has 6 heteroatoms. The Morgan fingerprint density at radius 3 is 2.42 bits per heavy atom. The minimum Gasteiger partial charge on any atom is -0.494 e. The maximum absolute atomic E-state index is 10.1. The summed E-state index contributed by atoms with van der Waals surface area (Å²) in [4.78, 5) is 4.09. The van der Waals surface area contributed by atoms with Crippen molar-refractivity contribution in [1.82, 2.24) is 9.55 Å². The molecule has 0 spiro atoms. The van der Waals surface area contributed by atoms with E-state index in [1.807, 2.05) is 61.5 Å². The summed E-state index contributed by atoms with van der Waals surface area (Å²) >= 11 is 0. The van der Waals surface area contributed by atoms with E-state index in [1.165, 1.54) is 0 Å². The predicted octanol–water partition coefficient (Wildman–Crippen LogP) is 4.70. The number of nitrogens with zero attached hydrogens (tertiary/aromatic N) is 4. The quantitative estimate of drug-likeness (QED) is 0.692. The van der Waals surface area contributed by atoms with Gasteiger partial charge < -0.3 is 9.84 Å². The third-order valence-electron chi connectivity index (χ3n) is 3.43. The van der Waals surface area contributed by atoms with E-state index in [-0.39, 0.29) is 5.88 Å². The summed E-state index contributed by atoms with van der Waals surface area (Å²) in [6.45, 7) is 4.35. The van der Waals surface area contributed by atoms with Crippen LogP contribution in [0.4, 0.5) is 11.5 Å². The highest BCUT2D eigenvalue weighted by Crippen LogP contribution is 2.32. The van der Waals surface area contributed by atoms with E-state index < -0.39 is 0 Å². The number of imidazole rings is 1. The van der Waals surface area contributed by atoms with Gasteiger partial charge in [0, 0.05) is 5.69 Å². The summed E-state index contributed by atoms with van der Waals surface area (Å²) in [5.41, 5.74) is 1.53. The van der Waals surface area contributed by atoms with Gasteiger partial charge in [-0.25, -0.2) is 0 Å². The van der Waals surface area contributed by atoms with E-state index in [0.717, 1.165) is 11.4 Å². The molecule has 3 aromatic rings. The van der Waals surface area contributed by atoms with Crippen LogP contribution in [0.1, 0.15) is 12.7 Å². The predicted molar refractivity (Wildman–Crippen MR) is 91.8 cm³/mol. The number of aromatic hydroxyl groups is 1. The van der Waals surface area contributed by atoms with E-state index in [1.54, 1.807) is 11.5 Å². The second-order valence-corrected chi connectivity index (χ2v) is 5.10. The van der Waals surface area contributed by atoms with Crippen LogP contribution in [0.25, 0.3) is 5.69 Å². The van der Waals surface area contributed by atoms with Crippen LogP contribution in [0.2, 0.25) is 0 Å². The molecular weight excluding hydrogens is 304 g/mol. The minimum atomic E-state index is -0.152. The van der Waals surface area contributed by atoms with Crippen LogP contribution in [-0.2, 0) is 0 Å². The SMILES string of the molecule is CCOc1ccc(-n2c(C)nc(O)c2N=Nc2ccccc2)cc1. The van der Waals surface area contributed by atoms with Gasteiger partial charge in [-0.1, -0.05) is 18.2 Å². The first-order valence-corrected chi connectivity index (χ1v) is 7.67. The molecule has 122 valence electrons. The van der Waals surface area contributed by atoms with Gasteiger partial charge in [0.25, 0.3) is 5.88 Å². The number of rotatable bonds is 5. The van der Waals surface area contributed by atoms with Crippen molar-refractivity contribution in [1.29, 1.82) is 0 Å². The molecule has 0 saturated carbocycles. The molecule has 0 aliphatic carbocycles. The number of benzene rings is 2. The smallest absolute Gasteiger partial charge is 0.259 e. The summed E-state index contributed by atoms with van der Waals surface area (Å²) in [5.74, 6) is 1.55. The molecule has 2 aromatic carbocycles. The first-order chi connectivity index (χ1) is 11.7. The van der Waals surface area contributed by atoms with Crippen molar-refractivity contribution in [3.63, 3.8) is 0 Å². The number of hydrogen-bond acceptors (Lipinski definition) is 5. The Hall–Kier alpha value is -3.15. The summed E-state index contributed by atoms with van der Waals surface area (Å²) < 4.78 is 7.20. The monoisotopic (exact) mass is 322 g/mol. The Kier molecular flexibility index (Phi) is 4.56. The molecule has 6 nitrogen and oxygen atoms in total. The van der Waals surface area contributed by atoms with Gasteiger partial charge in [-0.2, -0.15) is 4.98 Å². The van der Waals surface area contributed by atoms with Crippen LogP contribution in [0.3, 0.4) is 0 Å². The molecule has 0 amide bonds. The van der Waals surface area contributed by atoms with Crippen LogP contribution in [-0.4, -0.2) is 21.3 Å². The van der Waals surface area contributed by atoms with Gasteiger partial charge in [-0.05, 0) is 50.2 Å². The number of ether oxygens (including phenoxy) is 1. The van der Waals surface area contributed by atoms with Crippen molar-refractivity contribution < 1.29 is 9.84 Å². The van der Waals surface area contributed by atoms with Crippen molar-refractivity contribution >= 4 is 11.5 Å². The number of azo groups is 1. The highest BCUT2D eigenvalue weighted by Gasteiger charge is 2.15. The van der Waals surface area contributed by atoms with Crippen LogP contribution < -0.4 is 4.74 Å². The van der Waals surface area contributed by atoms with E-state index in [4.69, 9.17) is 4.74 Å². The average Bonchev–Trinajstić information content (AvgIpc) is 2.88. The van der Waals surface area contributed by atoms with Crippen molar-refractivity contribution in [2.45, 2.75) is 13.8 Å². The zero-order valence-electron chi connectivity index (χ0n) is 13.5. The van der Waals surface area contributed by atoms with Gasteiger partial charge in [0.1, 0.15) is 11.6 Å². The normalized spacial score (nSPS) is 11.1. The van der Waals surface area contributed by atoms with E-state index in [9.17, 15) is 5.11 Å². The molecule has 0 fully saturated rings. The Balaban J connectivity index is 1.98. The summed E-state index contributed by atoms with van der Waals surface area (Å²) in [6.07, 6.45) is 0. The molecule has 0 saturated heterocycles. The van der Waals surface area contributed by atoms with Gasteiger partial charge in [0.15, 0.2) is 0 Å². The van der Waals surface area contributed by atoms with Crippen molar-refractivity contribution in [3.8, 4) is 17.3 Å². The standard InChI is InChI=1S/C18H18N4O2/c1-3-24-16-11-9-15(10-12-16)22-13(2)19-18(23)17(22)21-20-14-7-5-4-6-8-14/h4-12,23H,3H2,1-2H3. The second kappa shape index (κ2) is 6.95. The second-order valence-electron chi connectivity index (χ2n) is 5.10. The number of aryl methyl sites for hydroxylation is 1. The van der Waals surface area contributed by atoms with Gasteiger partial charge >= 0.3 is 0 Å². The molecule has 1 heterocycles. The lowest BCUT2D eigenvalue weighted by Crippen LogP contribution is -1.97. The minimum absolute atomic E-state index is 0.152. The van der Waals surface area contributed by atoms with E-state index in [0.29, 0.717) is 23.9 Å². The van der Waals surface area contributed by atoms with Gasteiger partial charge in [0.05, 0.1) is 12.3 Å². The Labute approximate surface area is 140 Å². The van der Waals surface area contributed by atoms with Gasteiger partial charge in [0.2, 0.25) is 5.82 Å². The maximum atomic E-state index is 10.1. The third kappa shape index (κ3) is 3.27. The molecule has 0 bridgehead atoms.